The summed E-state index contributed by atoms with van der Waals surface area (Å²) in [5.74, 6) is 1.39. The number of carbonyl (C=O) groups is 1. The molecule has 0 atom stereocenters. The molecule has 8 nitrogen and oxygen atoms in total. The Bertz CT molecular complexity index is 691. The van der Waals surface area contributed by atoms with Crippen molar-refractivity contribution in [3.8, 4) is 0 Å². The summed E-state index contributed by atoms with van der Waals surface area (Å²) < 4.78 is 4.97. The predicted octanol–water partition coefficient (Wildman–Crippen LogP) is 0.801. The summed E-state index contributed by atoms with van der Waals surface area (Å²) in [5.41, 5.74) is 1.37. The Labute approximate surface area is 134 Å². The Morgan fingerprint density at radius 2 is 1.96 bits per heavy atom. The van der Waals surface area contributed by atoms with Gasteiger partial charge in [0.15, 0.2) is 11.5 Å². The molecule has 0 N–H and O–H groups in total. The van der Waals surface area contributed by atoms with Crippen LogP contribution in [-0.4, -0.2) is 66.4 Å². The summed E-state index contributed by atoms with van der Waals surface area (Å²) in [4.78, 5) is 18.3. The Balaban J connectivity index is 1.64. The van der Waals surface area contributed by atoms with Crippen molar-refractivity contribution in [1.29, 1.82) is 0 Å². The number of aryl methyl sites for hydroxylation is 1. The average molecular weight is 316 g/mol. The van der Waals surface area contributed by atoms with E-state index in [2.05, 4.69) is 20.3 Å². The van der Waals surface area contributed by atoms with E-state index in [0.717, 1.165) is 11.5 Å². The van der Waals surface area contributed by atoms with Crippen LogP contribution >= 0.6 is 0 Å². The fourth-order valence-corrected chi connectivity index (χ4v) is 2.51. The Hall–Kier alpha value is -2.64. The highest BCUT2D eigenvalue weighted by molar-refractivity contribution is 5.92. The molecule has 1 fully saturated rings. The third-order valence-electron chi connectivity index (χ3n) is 3.88. The van der Waals surface area contributed by atoms with Gasteiger partial charge in [-0.15, -0.1) is 5.10 Å². The van der Waals surface area contributed by atoms with E-state index in [4.69, 9.17) is 4.52 Å². The van der Waals surface area contributed by atoms with Gasteiger partial charge in [-0.05, 0) is 6.92 Å². The minimum atomic E-state index is -0.0883. The first-order valence-corrected chi connectivity index (χ1v) is 7.52. The van der Waals surface area contributed by atoms with Crippen LogP contribution in [0.1, 0.15) is 16.2 Å². The van der Waals surface area contributed by atoms with Crippen LogP contribution in [0.5, 0.6) is 0 Å². The first-order valence-electron chi connectivity index (χ1n) is 7.52. The number of carbonyl (C=O) groups excluding carboxylic acids is 1. The Kier molecular flexibility index (Phi) is 4.14. The van der Waals surface area contributed by atoms with E-state index in [-0.39, 0.29) is 5.91 Å². The number of hydrogen-bond donors (Lipinski definition) is 0. The fraction of sp³-hybridized carbons (Fsp3) is 0.467. The van der Waals surface area contributed by atoms with Crippen molar-refractivity contribution < 1.29 is 9.32 Å². The maximum atomic E-state index is 12.3. The molecule has 0 unspecified atom stereocenters. The molecule has 3 heterocycles. The second kappa shape index (κ2) is 6.23. The lowest BCUT2D eigenvalue weighted by Crippen LogP contribution is -2.49. The van der Waals surface area contributed by atoms with E-state index >= 15 is 0 Å². The number of nitrogens with zero attached hydrogens (tertiary/aromatic N) is 6. The quantitative estimate of drug-likeness (QED) is 0.828. The zero-order chi connectivity index (χ0) is 16.4. The van der Waals surface area contributed by atoms with Crippen LogP contribution in [-0.2, 0) is 0 Å². The normalized spacial score (nSPS) is 14.9. The summed E-state index contributed by atoms with van der Waals surface area (Å²) in [7, 11) is 3.94. The summed E-state index contributed by atoms with van der Waals surface area (Å²) in [6, 6.07) is 3.67. The van der Waals surface area contributed by atoms with Crippen molar-refractivity contribution in [3.63, 3.8) is 0 Å². The Morgan fingerprint density at radius 1 is 1.22 bits per heavy atom. The van der Waals surface area contributed by atoms with Crippen molar-refractivity contribution in [1.82, 2.24) is 20.3 Å². The highest BCUT2D eigenvalue weighted by Gasteiger charge is 2.25. The zero-order valence-corrected chi connectivity index (χ0v) is 13.6. The molecule has 0 bridgehead atoms. The van der Waals surface area contributed by atoms with Crippen LogP contribution in [0.4, 0.5) is 11.5 Å². The Morgan fingerprint density at radius 3 is 2.57 bits per heavy atom. The lowest BCUT2D eigenvalue weighted by Gasteiger charge is -2.35. The van der Waals surface area contributed by atoms with Gasteiger partial charge < -0.3 is 19.2 Å². The molecule has 2 aromatic rings. The SMILES string of the molecule is Cc1cc(C(=O)N2CCN(c3cc(N(C)C)cnn3)CC2)no1. The van der Waals surface area contributed by atoms with Crippen molar-refractivity contribution in [2.24, 2.45) is 0 Å². The van der Waals surface area contributed by atoms with Gasteiger partial charge >= 0.3 is 0 Å². The first-order chi connectivity index (χ1) is 11.0. The van der Waals surface area contributed by atoms with Gasteiger partial charge in [-0.1, -0.05) is 5.16 Å². The highest BCUT2D eigenvalue weighted by atomic mass is 16.5. The van der Waals surface area contributed by atoms with Gasteiger partial charge in [0.25, 0.3) is 5.91 Å². The number of piperazine rings is 1. The van der Waals surface area contributed by atoms with E-state index in [1.165, 1.54) is 0 Å². The van der Waals surface area contributed by atoms with E-state index in [1.54, 1.807) is 24.1 Å². The molecule has 0 radical (unpaired) electrons. The van der Waals surface area contributed by atoms with Gasteiger partial charge in [-0.2, -0.15) is 5.10 Å². The molecule has 0 aliphatic carbocycles. The first kappa shape index (κ1) is 15.3. The van der Waals surface area contributed by atoms with Crippen LogP contribution in [0, 0.1) is 6.92 Å². The predicted molar refractivity (Wildman–Crippen MR) is 85.7 cm³/mol. The molecule has 1 saturated heterocycles. The molecule has 23 heavy (non-hydrogen) atoms. The third-order valence-corrected chi connectivity index (χ3v) is 3.88. The molecule has 0 spiro atoms. The van der Waals surface area contributed by atoms with Gasteiger partial charge in [0, 0.05) is 52.4 Å². The van der Waals surface area contributed by atoms with Crippen molar-refractivity contribution in [3.05, 3.63) is 29.8 Å². The summed E-state index contributed by atoms with van der Waals surface area (Å²) in [6.07, 6.45) is 1.73. The van der Waals surface area contributed by atoms with E-state index < -0.39 is 0 Å². The molecule has 1 aliphatic rings. The molecular formula is C15H20N6O2. The highest BCUT2D eigenvalue weighted by Crippen LogP contribution is 2.19. The van der Waals surface area contributed by atoms with Crippen LogP contribution < -0.4 is 9.80 Å². The molecule has 0 saturated carbocycles. The lowest BCUT2D eigenvalue weighted by molar-refractivity contribution is 0.0736. The summed E-state index contributed by atoms with van der Waals surface area (Å²) >= 11 is 0. The summed E-state index contributed by atoms with van der Waals surface area (Å²) in [6.45, 7) is 4.46. The maximum Gasteiger partial charge on any atom is 0.276 e. The van der Waals surface area contributed by atoms with Crippen LogP contribution in [0.3, 0.4) is 0 Å². The topological polar surface area (TPSA) is 78.6 Å². The molecule has 2 aromatic heterocycles. The molecular weight excluding hydrogens is 296 g/mol. The zero-order valence-electron chi connectivity index (χ0n) is 13.6. The minimum Gasteiger partial charge on any atom is -0.376 e. The smallest absolute Gasteiger partial charge is 0.276 e. The van der Waals surface area contributed by atoms with Gasteiger partial charge in [0.05, 0.1) is 11.9 Å². The lowest BCUT2D eigenvalue weighted by atomic mass is 10.2. The van der Waals surface area contributed by atoms with Gasteiger partial charge in [-0.3, -0.25) is 4.79 Å². The molecule has 3 rings (SSSR count). The van der Waals surface area contributed by atoms with E-state index in [9.17, 15) is 4.79 Å². The molecule has 8 heteroatoms. The van der Waals surface area contributed by atoms with Crippen LogP contribution in [0.25, 0.3) is 0 Å². The third kappa shape index (κ3) is 3.25. The molecule has 0 aromatic carbocycles. The van der Waals surface area contributed by atoms with E-state index in [1.807, 2.05) is 25.1 Å². The van der Waals surface area contributed by atoms with E-state index in [0.29, 0.717) is 37.6 Å². The second-order valence-corrected chi connectivity index (χ2v) is 5.77. The largest absolute Gasteiger partial charge is 0.376 e. The van der Waals surface area contributed by atoms with Gasteiger partial charge in [-0.25, -0.2) is 0 Å². The molecule has 1 amide bonds. The van der Waals surface area contributed by atoms with Gasteiger partial charge in [0.1, 0.15) is 5.76 Å². The number of aromatic nitrogens is 3. The molecule has 122 valence electrons. The monoisotopic (exact) mass is 316 g/mol. The van der Waals surface area contributed by atoms with Gasteiger partial charge in [0.2, 0.25) is 0 Å². The number of amides is 1. The maximum absolute atomic E-state index is 12.3. The average Bonchev–Trinajstić information content (AvgIpc) is 3.01. The number of hydrogen-bond acceptors (Lipinski definition) is 7. The summed E-state index contributed by atoms with van der Waals surface area (Å²) in [5, 5.41) is 12.0. The fourth-order valence-electron chi connectivity index (χ4n) is 2.51. The number of rotatable bonds is 3. The second-order valence-electron chi connectivity index (χ2n) is 5.77. The van der Waals surface area contributed by atoms with Crippen molar-refractivity contribution in [2.75, 3.05) is 50.1 Å². The molecule has 1 aliphatic heterocycles. The number of anilines is 2. The van der Waals surface area contributed by atoms with Crippen LogP contribution in [0.15, 0.2) is 22.9 Å². The standard InChI is InChI=1S/C15H20N6O2/c1-11-8-13(18-23-11)15(22)21-6-4-20(5-7-21)14-9-12(19(2)3)10-16-17-14/h8-10H,4-7H2,1-3H3. The minimum absolute atomic E-state index is 0.0883. The van der Waals surface area contributed by atoms with Crippen LogP contribution in [0.2, 0.25) is 0 Å². The van der Waals surface area contributed by atoms with Crippen molar-refractivity contribution in [2.45, 2.75) is 6.92 Å². The van der Waals surface area contributed by atoms with Crippen molar-refractivity contribution >= 4 is 17.4 Å².